The van der Waals surface area contributed by atoms with Gasteiger partial charge in [-0.2, -0.15) is 5.10 Å². The minimum atomic E-state index is -0.415. The first-order chi connectivity index (χ1) is 19.9. The van der Waals surface area contributed by atoms with Gasteiger partial charge in [0.25, 0.3) is 5.91 Å². The average Bonchev–Trinajstić information content (AvgIpc) is 3.01. The molecule has 41 heavy (non-hydrogen) atoms. The van der Waals surface area contributed by atoms with E-state index in [1.54, 1.807) is 39.7 Å². The van der Waals surface area contributed by atoms with Crippen molar-refractivity contribution in [2.24, 2.45) is 5.10 Å². The summed E-state index contributed by atoms with van der Waals surface area (Å²) in [6.07, 6.45) is 2.50. The Kier molecular flexibility index (Phi) is 9.57. The van der Waals surface area contributed by atoms with Crippen LogP contribution in [0, 0.1) is 0 Å². The van der Waals surface area contributed by atoms with Gasteiger partial charge in [0.2, 0.25) is 5.75 Å². The first kappa shape index (κ1) is 29.5. The van der Waals surface area contributed by atoms with Crippen LogP contribution in [0.4, 0.5) is 0 Å². The standard InChI is InChI=1S/C31H37N3O7/c1-19-24-16-27(38-4)26(37-3)13-21(24)10-11-34(19)18-23-12-20(8-9-25(23)36-2)17-32-33-31(35)22-14-28(39-5)30(41-7)29(15-22)40-6/h8-9,12-17,19H,10-11,18H2,1-7H3,(H,33,35)/b32-17+. The Hall–Kier alpha value is -4.44. The van der Waals surface area contributed by atoms with Crippen LogP contribution in [0.2, 0.25) is 0 Å². The fourth-order valence-corrected chi connectivity index (χ4v) is 5.08. The number of carbonyl (C=O) groups is 1. The van der Waals surface area contributed by atoms with Gasteiger partial charge in [0, 0.05) is 30.3 Å². The SMILES string of the molecule is COc1ccc(/C=N/NC(=O)c2cc(OC)c(OC)c(OC)c2)cc1CN1CCc2cc(OC)c(OC)cc2C1C. The molecule has 0 aliphatic carbocycles. The molecular weight excluding hydrogens is 526 g/mol. The Morgan fingerprint density at radius 3 is 2.10 bits per heavy atom. The second kappa shape index (κ2) is 13.3. The number of fused-ring (bicyclic) bond motifs is 1. The molecule has 0 radical (unpaired) electrons. The van der Waals surface area contributed by atoms with Gasteiger partial charge in [-0.25, -0.2) is 5.43 Å². The van der Waals surface area contributed by atoms with Crippen LogP contribution >= 0.6 is 0 Å². The van der Waals surface area contributed by atoms with E-state index in [1.165, 1.54) is 32.5 Å². The van der Waals surface area contributed by atoms with E-state index in [9.17, 15) is 4.79 Å². The van der Waals surface area contributed by atoms with E-state index in [1.807, 2.05) is 18.2 Å². The highest BCUT2D eigenvalue weighted by molar-refractivity contribution is 5.96. The van der Waals surface area contributed by atoms with Crippen molar-refractivity contribution < 1.29 is 33.2 Å². The highest BCUT2D eigenvalue weighted by Gasteiger charge is 2.27. The summed E-state index contributed by atoms with van der Waals surface area (Å²) in [6, 6.07) is 13.3. The highest BCUT2D eigenvalue weighted by Crippen LogP contribution is 2.39. The number of hydrogen-bond donors (Lipinski definition) is 1. The van der Waals surface area contributed by atoms with E-state index in [-0.39, 0.29) is 6.04 Å². The first-order valence-corrected chi connectivity index (χ1v) is 13.2. The number of hydrazone groups is 1. The molecule has 0 bridgehead atoms. The van der Waals surface area contributed by atoms with Crippen molar-refractivity contribution in [1.82, 2.24) is 10.3 Å². The Morgan fingerprint density at radius 2 is 1.49 bits per heavy atom. The molecule has 1 unspecified atom stereocenters. The third-order valence-corrected chi connectivity index (χ3v) is 7.30. The van der Waals surface area contributed by atoms with Gasteiger partial charge in [0.05, 0.1) is 48.9 Å². The normalized spacial score (nSPS) is 14.8. The summed E-state index contributed by atoms with van der Waals surface area (Å²) in [5.41, 5.74) is 7.22. The number of carbonyl (C=O) groups excluding carboxylic acids is 1. The molecular formula is C31H37N3O7. The van der Waals surface area contributed by atoms with Crippen LogP contribution in [0.25, 0.3) is 0 Å². The fraction of sp³-hybridized carbons (Fsp3) is 0.355. The van der Waals surface area contributed by atoms with Gasteiger partial charge in [-0.1, -0.05) is 0 Å². The lowest BCUT2D eigenvalue weighted by atomic mass is 9.92. The summed E-state index contributed by atoms with van der Waals surface area (Å²) < 4.78 is 32.7. The number of hydrogen-bond acceptors (Lipinski definition) is 9. The molecule has 0 saturated heterocycles. The van der Waals surface area contributed by atoms with Crippen LogP contribution in [-0.2, 0) is 13.0 Å². The summed E-state index contributed by atoms with van der Waals surface area (Å²) in [5.74, 6) is 3.02. The number of nitrogens with one attached hydrogen (secondary N) is 1. The Bertz CT molecular complexity index is 1400. The van der Waals surface area contributed by atoms with Crippen molar-refractivity contribution in [1.29, 1.82) is 0 Å². The molecule has 1 heterocycles. The number of amides is 1. The maximum atomic E-state index is 12.8. The second-order valence-electron chi connectivity index (χ2n) is 9.49. The second-order valence-corrected chi connectivity index (χ2v) is 9.49. The molecule has 3 aromatic rings. The minimum Gasteiger partial charge on any atom is -0.496 e. The van der Waals surface area contributed by atoms with Gasteiger partial charge in [-0.05, 0) is 72.5 Å². The van der Waals surface area contributed by atoms with Crippen molar-refractivity contribution in [3.63, 3.8) is 0 Å². The maximum absolute atomic E-state index is 12.8. The number of benzene rings is 3. The van der Waals surface area contributed by atoms with Crippen LogP contribution < -0.4 is 33.8 Å². The van der Waals surface area contributed by atoms with E-state index in [4.69, 9.17) is 28.4 Å². The van der Waals surface area contributed by atoms with Crippen molar-refractivity contribution in [3.8, 4) is 34.5 Å². The van der Waals surface area contributed by atoms with E-state index in [0.29, 0.717) is 29.4 Å². The molecule has 0 saturated carbocycles. The lowest BCUT2D eigenvalue weighted by Crippen LogP contribution is -2.33. The molecule has 1 aliphatic heterocycles. The van der Waals surface area contributed by atoms with Gasteiger partial charge in [0.15, 0.2) is 23.0 Å². The third kappa shape index (κ3) is 6.33. The Labute approximate surface area is 240 Å². The average molecular weight is 564 g/mol. The molecule has 1 atom stereocenters. The predicted octanol–water partition coefficient (Wildman–Crippen LogP) is 4.62. The zero-order valence-corrected chi connectivity index (χ0v) is 24.6. The van der Waals surface area contributed by atoms with Gasteiger partial charge in [0.1, 0.15) is 5.75 Å². The molecule has 1 amide bonds. The Balaban J connectivity index is 1.50. The lowest BCUT2D eigenvalue weighted by Gasteiger charge is -2.36. The quantitative estimate of drug-likeness (QED) is 0.267. The van der Waals surface area contributed by atoms with Crippen LogP contribution in [0.15, 0.2) is 47.6 Å². The van der Waals surface area contributed by atoms with Gasteiger partial charge in [-0.15, -0.1) is 0 Å². The van der Waals surface area contributed by atoms with Gasteiger partial charge in [-0.3, -0.25) is 9.69 Å². The van der Waals surface area contributed by atoms with Crippen molar-refractivity contribution in [2.75, 3.05) is 49.2 Å². The van der Waals surface area contributed by atoms with Crippen LogP contribution in [0.3, 0.4) is 0 Å². The highest BCUT2D eigenvalue weighted by atomic mass is 16.5. The molecule has 4 rings (SSSR count). The molecule has 1 aliphatic rings. The minimum absolute atomic E-state index is 0.165. The summed E-state index contributed by atoms with van der Waals surface area (Å²) in [4.78, 5) is 15.2. The summed E-state index contributed by atoms with van der Waals surface area (Å²) in [7, 11) is 9.47. The molecule has 3 aromatic carbocycles. The third-order valence-electron chi connectivity index (χ3n) is 7.30. The molecule has 1 N–H and O–H groups in total. The predicted molar refractivity (Wildman–Crippen MR) is 156 cm³/mol. The van der Waals surface area contributed by atoms with E-state index in [2.05, 4.69) is 34.5 Å². The Morgan fingerprint density at radius 1 is 0.854 bits per heavy atom. The molecule has 218 valence electrons. The number of nitrogens with zero attached hydrogens (tertiary/aromatic N) is 2. The first-order valence-electron chi connectivity index (χ1n) is 13.2. The monoisotopic (exact) mass is 563 g/mol. The van der Waals surface area contributed by atoms with Crippen molar-refractivity contribution >= 4 is 12.1 Å². The number of methoxy groups -OCH3 is 6. The largest absolute Gasteiger partial charge is 0.496 e. The number of ether oxygens (including phenoxy) is 6. The summed E-state index contributed by atoms with van der Waals surface area (Å²) >= 11 is 0. The van der Waals surface area contributed by atoms with Gasteiger partial charge < -0.3 is 28.4 Å². The molecule has 10 nitrogen and oxygen atoms in total. The van der Waals surface area contributed by atoms with Crippen LogP contribution in [-0.4, -0.2) is 66.2 Å². The summed E-state index contributed by atoms with van der Waals surface area (Å²) in [6.45, 7) is 3.76. The van der Waals surface area contributed by atoms with E-state index >= 15 is 0 Å². The zero-order chi connectivity index (χ0) is 29.5. The topological polar surface area (TPSA) is 100 Å². The lowest BCUT2D eigenvalue weighted by molar-refractivity contribution is 0.0954. The zero-order valence-electron chi connectivity index (χ0n) is 24.6. The van der Waals surface area contributed by atoms with E-state index < -0.39 is 5.91 Å². The molecule has 10 heteroatoms. The van der Waals surface area contributed by atoms with Crippen LogP contribution in [0.1, 0.15) is 45.6 Å². The maximum Gasteiger partial charge on any atom is 0.271 e. The van der Waals surface area contributed by atoms with Crippen LogP contribution in [0.5, 0.6) is 34.5 Å². The molecule has 0 fully saturated rings. The number of rotatable bonds is 11. The van der Waals surface area contributed by atoms with Crippen molar-refractivity contribution in [2.45, 2.75) is 25.9 Å². The molecule has 0 aromatic heterocycles. The fourth-order valence-electron chi connectivity index (χ4n) is 5.08. The van der Waals surface area contributed by atoms with Crippen molar-refractivity contribution in [3.05, 3.63) is 70.3 Å². The smallest absolute Gasteiger partial charge is 0.271 e. The van der Waals surface area contributed by atoms with Gasteiger partial charge >= 0.3 is 0 Å². The summed E-state index contributed by atoms with van der Waals surface area (Å²) in [5, 5.41) is 4.18. The molecule has 0 spiro atoms. The van der Waals surface area contributed by atoms with E-state index in [0.717, 1.165) is 41.3 Å².